The van der Waals surface area contributed by atoms with E-state index in [-0.39, 0.29) is 0 Å². The highest BCUT2D eigenvalue weighted by molar-refractivity contribution is 5.76. The van der Waals surface area contributed by atoms with Gasteiger partial charge in [0.1, 0.15) is 11.5 Å². The molecule has 0 saturated heterocycles. The summed E-state index contributed by atoms with van der Waals surface area (Å²) >= 11 is 0. The van der Waals surface area contributed by atoms with Crippen LogP contribution >= 0.6 is 0 Å². The first-order chi connectivity index (χ1) is 8.26. The predicted octanol–water partition coefficient (Wildman–Crippen LogP) is 3.07. The van der Waals surface area contributed by atoms with E-state index in [0.717, 1.165) is 28.3 Å². The highest BCUT2D eigenvalue weighted by atomic mass is 16.5. The van der Waals surface area contributed by atoms with E-state index in [2.05, 4.69) is 4.98 Å². The number of ether oxygens (including phenoxy) is 2. The van der Waals surface area contributed by atoms with Crippen molar-refractivity contribution in [1.82, 2.24) is 4.98 Å². The molecule has 1 heterocycles. The Labute approximate surface area is 101 Å². The summed E-state index contributed by atoms with van der Waals surface area (Å²) in [6.07, 6.45) is 1.83. The summed E-state index contributed by atoms with van der Waals surface area (Å²) in [5, 5.41) is 0. The number of pyridine rings is 1. The Balaban J connectivity index is 2.59. The molecule has 17 heavy (non-hydrogen) atoms. The van der Waals surface area contributed by atoms with Crippen LogP contribution in [-0.4, -0.2) is 19.2 Å². The topological polar surface area (TPSA) is 31.4 Å². The van der Waals surface area contributed by atoms with E-state index in [1.807, 2.05) is 43.5 Å². The molecule has 88 valence electrons. The van der Waals surface area contributed by atoms with E-state index in [4.69, 9.17) is 9.47 Å². The first-order valence-corrected chi connectivity index (χ1v) is 5.40. The third-order valence-corrected chi connectivity index (χ3v) is 2.63. The van der Waals surface area contributed by atoms with Crippen LogP contribution in [0, 0.1) is 6.92 Å². The van der Waals surface area contributed by atoms with Gasteiger partial charge in [-0.1, -0.05) is 12.1 Å². The van der Waals surface area contributed by atoms with Gasteiger partial charge in [-0.05, 0) is 25.1 Å². The molecule has 3 heteroatoms. The number of nitrogens with zero attached hydrogens (tertiary/aromatic N) is 1. The zero-order chi connectivity index (χ0) is 12.3. The smallest absolute Gasteiger partial charge is 0.130 e. The van der Waals surface area contributed by atoms with Crippen LogP contribution in [0.2, 0.25) is 0 Å². The van der Waals surface area contributed by atoms with Gasteiger partial charge in [-0.25, -0.2) is 0 Å². The maximum absolute atomic E-state index is 5.36. The Morgan fingerprint density at radius 1 is 0.941 bits per heavy atom. The molecule has 0 bridgehead atoms. The third kappa shape index (κ3) is 2.23. The Morgan fingerprint density at radius 2 is 1.59 bits per heavy atom. The Hall–Kier alpha value is -2.03. The third-order valence-electron chi connectivity index (χ3n) is 2.63. The van der Waals surface area contributed by atoms with Gasteiger partial charge in [0.25, 0.3) is 0 Å². The number of benzene rings is 1. The van der Waals surface area contributed by atoms with E-state index >= 15 is 0 Å². The molecule has 1 aromatic heterocycles. The van der Waals surface area contributed by atoms with Crippen LogP contribution in [0.4, 0.5) is 0 Å². The summed E-state index contributed by atoms with van der Waals surface area (Å²) < 4.78 is 10.7. The van der Waals surface area contributed by atoms with Gasteiger partial charge < -0.3 is 9.47 Å². The molecule has 0 aliphatic carbocycles. The van der Waals surface area contributed by atoms with E-state index in [9.17, 15) is 0 Å². The zero-order valence-electron chi connectivity index (χ0n) is 10.2. The van der Waals surface area contributed by atoms with Crippen molar-refractivity contribution in [2.24, 2.45) is 0 Å². The van der Waals surface area contributed by atoms with Gasteiger partial charge in [0.2, 0.25) is 0 Å². The van der Waals surface area contributed by atoms with Gasteiger partial charge in [-0.3, -0.25) is 4.98 Å². The standard InChI is InChI=1S/C14H15NO2/c1-10-7-8-11(9-15-10)14-12(16-2)5-4-6-13(14)17-3/h4-9H,1-3H3. The lowest BCUT2D eigenvalue weighted by Gasteiger charge is -2.12. The van der Waals surface area contributed by atoms with Crippen molar-refractivity contribution >= 4 is 0 Å². The molecule has 3 nitrogen and oxygen atoms in total. The number of rotatable bonds is 3. The summed E-state index contributed by atoms with van der Waals surface area (Å²) in [5.41, 5.74) is 2.91. The maximum Gasteiger partial charge on any atom is 0.130 e. The molecule has 2 rings (SSSR count). The molecule has 0 atom stereocenters. The van der Waals surface area contributed by atoms with E-state index in [0.29, 0.717) is 0 Å². The first kappa shape index (κ1) is 11.5. The predicted molar refractivity (Wildman–Crippen MR) is 67.5 cm³/mol. The lowest BCUT2D eigenvalue weighted by Crippen LogP contribution is -1.93. The van der Waals surface area contributed by atoms with Crippen LogP contribution in [0.15, 0.2) is 36.5 Å². The summed E-state index contributed by atoms with van der Waals surface area (Å²) in [6, 6.07) is 9.72. The fraction of sp³-hybridized carbons (Fsp3) is 0.214. The summed E-state index contributed by atoms with van der Waals surface area (Å²) in [6.45, 7) is 1.96. The van der Waals surface area contributed by atoms with Crippen LogP contribution < -0.4 is 9.47 Å². The molecule has 0 aliphatic rings. The Kier molecular flexibility index (Phi) is 3.28. The molecule has 0 amide bonds. The molecule has 0 spiro atoms. The average molecular weight is 229 g/mol. The number of hydrogen-bond acceptors (Lipinski definition) is 3. The van der Waals surface area contributed by atoms with Crippen molar-refractivity contribution in [2.45, 2.75) is 6.92 Å². The molecule has 2 aromatic rings. The van der Waals surface area contributed by atoms with E-state index < -0.39 is 0 Å². The Morgan fingerprint density at radius 3 is 2.06 bits per heavy atom. The number of aryl methyl sites for hydroxylation is 1. The largest absolute Gasteiger partial charge is 0.496 e. The van der Waals surface area contributed by atoms with Crippen molar-refractivity contribution < 1.29 is 9.47 Å². The van der Waals surface area contributed by atoms with Gasteiger partial charge in [-0.2, -0.15) is 0 Å². The zero-order valence-corrected chi connectivity index (χ0v) is 10.2. The lowest BCUT2D eigenvalue weighted by atomic mass is 10.1. The minimum absolute atomic E-state index is 0.787. The maximum atomic E-state index is 5.36. The normalized spacial score (nSPS) is 10.1. The van der Waals surface area contributed by atoms with Crippen LogP contribution in [0.5, 0.6) is 11.5 Å². The van der Waals surface area contributed by atoms with Gasteiger partial charge >= 0.3 is 0 Å². The minimum atomic E-state index is 0.787. The monoisotopic (exact) mass is 229 g/mol. The molecular weight excluding hydrogens is 214 g/mol. The first-order valence-electron chi connectivity index (χ1n) is 5.40. The van der Waals surface area contributed by atoms with Crippen molar-refractivity contribution in [2.75, 3.05) is 14.2 Å². The van der Waals surface area contributed by atoms with Gasteiger partial charge in [0.15, 0.2) is 0 Å². The molecule has 0 N–H and O–H groups in total. The second-order valence-corrected chi connectivity index (χ2v) is 3.73. The summed E-state index contributed by atoms with van der Waals surface area (Å²) in [7, 11) is 3.31. The van der Waals surface area contributed by atoms with Crippen LogP contribution in [0.25, 0.3) is 11.1 Å². The number of methoxy groups -OCH3 is 2. The number of hydrogen-bond donors (Lipinski definition) is 0. The second kappa shape index (κ2) is 4.87. The van der Waals surface area contributed by atoms with E-state index in [1.54, 1.807) is 14.2 Å². The summed E-state index contributed by atoms with van der Waals surface area (Å²) in [5.74, 6) is 1.57. The van der Waals surface area contributed by atoms with Crippen LogP contribution in [0.1, 0.15) is 5.69 Å². The highest BCUT2D eigenvalue weighted by Gasteiger charge is 2.11. The molecular formula is C14H15NO2. The quantitative estimate of drug-likeness (QED) is 0.810. The van der Waals surface area contributed by atoms with Gasteiger partial charge in [0, 0.05) is 17.5 Å². The fourth-order valence-electron chi connectivity index (χ4n) is 1.75. The molecule has 0 unspecified atom stereocenters. The molecule has 0 radical (unpaired) electrons. The van der Waals surface area contributed by atoms with Gasteiger partial charge in [-0.15, -0.1) is 0 Å². The van der Waals surface area contributed by atoms with Crippen LogP contribution in [-0.2, 0) is 0 Å². The van der Waals surface area contributed by atoms with Crippen molar-refractivity contribution in [3.63, 3.8) is 0 Å². The lowest BCUT2D eigenvalue weighted by molar-refractivity contribution is 0.397. The molecule has 0 aliphatic heterocycles. The fourth-order valence-corrected chi connectivity index (χ4v) is 1.75. The van der Waals surface area contributed by atoms with Crippen molar-refractivity contribution in [3.8, 4) is 22.6 Å². The van der Waals surface area contributed by atoms with Crippen molar-refractivity contribution in [1.29, 1.82) is 0 Å². The number of aromatic nitrogens is 1. The molecule has 0 fully saturated rings. The SMILES string of the molecule is COc1cccc(OC)c1-c1ccc(C)nc1. The Bertz CT molecular complexity index is 484. The van der Waals surface area contributed by atoms with Gasteiger partial charge in [0.05, 0.1) is 19.8 Å². The molecule has 0 saturated carbocycles. The van der Waals surface area contributed by atoms with Crippen molar-refractivity contribution in [3.05, 3.63) is 42.2 Å². The highest BCUT2D eigenvalue weighted by Crippen LogP contribution is 2.37. The summed E-state index contributed by atoms with van der Waals surface area (Å²) in [4.78, 5) is 4.30. The van der Waals surface area contributed by atoms with E-state index in [1.165, 1.54) is 0 Å². The average Bonchev–Trinajstić information content (AvgIpc) is 2.38. The van der Waals surface area contributed by atoms with Crippen LogP contribution in [0.3, 0.4) is 0 Å². The minimum Gasteiger partial charge on any atom is -0.496 e. The second-order valence-electron chi connectivity index (χ2n) is 3.73. The molecule has 1 aromatic carbocycles.